The maximum Gasteiger partial charge on any atom is 0.417 e. The number of imidazole rings is 1. The minimum Gasteiger partial charge on any atom is -0.346 e. The molecule has 6 nitrogen and oxygen atoms in total. The predicted octanol–water partition coefficient (Wildman–Crippen LogP) is 5.58. The molecule has 0 fully saturated rings. The summed E-state index contributed by atoms with van der Waals surface area (Å²) in [7, 11) is 0. The Balaban J connectivity index is 1.59. The summed E-state index contributed by atoms with van der Waals surface area (Å²) in [5.41, 5.74) is 0.236. The first-order valence-electron chi connectivity index (χ1n) is 11.3. The Bertz CT molecular complexity index is 1420. The Labute approximate surface area is 210 Å². The molecular weight excluding hydrogens is 489 g/mol. The Morgan fingerprint density at radius 3 is 2.53 bits per heavy atom. The molecule has 1 aromatic carbocycles. The average molecular weight is 513 g/mol. The SMILES string of the molecule is CCSc1ccc(CNC(=O)c2ccn3c(CC)c(C(=O)c4ccccc4C(F)(F)F)nc3c2)nc1. The van der Waals surface area contributed by atoms with E-state index in [2.05, 4.69) is 22.2 Å². The van der Waals surface area contributed by atoms with Gasteiger partial charge in [-0.15, -0.1) is 11.8 Å². The molecule has 0 unspecified atom stereocenters. The highest BCUT2D eigenvalue weighted by Crippen LogP contribution is 2.33. The number of ketones is 1. The van der Waals surface area contributed by atoms with Crippen LogP contribution in [0.25, 0.3) is 5.65 Å². The molecule has 1 amide bonds. The molecule has 0 bridgehead atoms. The highest BCUT2D eigenvalue weighted by Gasteiger charge is 2.36. The van der Waals surface area contributed by atoms with Crippen LogP contribution in [0.15, 0.2) is 65.8 Å². The number of alkyl halides is 3. The van der Waals surface area contributed by atoms with Crippen LogP contribution in [-0.2, 0) is 19.1 Å². The van der Waals surface area contributed by atoms with Crippen LogP contribution in [0.3, 0.4) is 0 Å². The van der Waals surface area contributed by atoms with Crippen molar-refractivity contribution in [2.24, 2.45) is 0 Å². The number of thioether (sulfide) groups is 1. The van der Waals surface area contributed by atoms with Gasteiger partial charge in [-0.2, -0.15) is 13.2 Å². The molecule has 4 rings (SSSR count). The van der Waals surface area contributed by atoms with Gasteiger partial charge in [0.15, 0.2) is 0 Å². The lowest BCUT2D eigenvalue weighted by atomic mass is 10.00. The number of benzene rings is 1. The van der Waals surface area contributed by atoms with Gasteiger partial charge in [-0.05, 0) is 42.5 Å². The lowest BCUT2D eigenvalue weighted by molar-refractivity contribution is -0.137. The van der Waals surface area contributed by atoms with E-state index in [9.17, 15) is 22.8 Å². The summed E-state index contributed by atoms with van der Waals surface area (Å²) in [6.45, 7) is 4.07. The first-order chi connectivity index (χ1) is 17.2. The second-order valence-electron chi connectivity index (χ2n) is 7.88. The van der Waals surface area contributed by atoms with E-state index >= 15 is 0 Å². The zero-order valence-corrected chi connectivity index (χ0v) is 20.4. The Kier molecular flexibility index (Phi) is 7.44. The van der Waals surface area contributed by atoms with Crippen LogP contribution >= 0.6 is 11.8 Å². The van der Waals surface area contributed by atoms with Crippen LogP contribution in [-0.4, -0.2) is 31.8 Å². The fourth-order valence-corrected chi connectivity index (χ4v) is 4.48. The molecule has 0 saturated heterocycles. The third-order valence-electron chi connectivity index (χ3n) is 5.55. The average Bonchev–Trinajstić information content (AvgIpc) is 3.25. The maximum atomic E-state index is 13.5. The largest absolute Gasteiger partial charge is 0.417 e. The van der Waals surface area contributed by atoms with Crippen LogP contribution in [0.4, 0.5) is 13.2 Å². The molecule has 4 aromatic rings. The van der Waals surface area contributed by atoms with E-state index in [4.69, 9.17) is 0 Å². The fourth-order valence-electron chi connectivity index (χ4n) is 3.85. The second kappa shape index (κ2) is 10.5. The Morgan fingerprint density at radius 2 is 1.86 bits per heavy atom. The van der Waals surface area contributed by atoms with Crippen LogP contribution in [0.5, 0.6) is 0 Å². The quantitative estimate of drug-likeness (QED) is 0.246. The number of aromatic nitrogens is 3. The van der Waals surface area contributed by atoms with Gasteiger partial charge in [-0.25, -0.2) is 4.98 Å². The molecule has 0 aliphatic carbocycles. The van der Waals surface area contributed by atoms with Crippen molar-refractivity contribution in [1.29, 1.82) is 0 Å². The Hall–Kier alpha value is -3.66. The molecule has 36 heavy (non-hydrogen) atoms. The standard InChI is InChI=1S/C26H23F3N4O2S/c1-3-21-23(24(34)19-7-5-6-8-20(19)26(27,28)29)32-22-13-16(11-12-33(21)22)25(35)31-14-17-9-10-18(15-30-17)36-4-2/h5-13,15H,3-4,14H2,1-2H3,(H,31,35). The van der Waals surface area contributed by atoms with E-state index in [1.165, 1.54) is 18.2 Å². The molecule has 3 heterocycles. The minimum atomic E-state index is -4.67. The number of hydrogen-bond donors (Lipinski definition) is 1. The van der Waals surface area contributed by atoms with E-state index in [0.717, 1.165) is 22.8 Å². The summed E-state index contributed by atoms with van der Waals surface area (Å²) in [4.78, 5) is 35.6. The van der Waals surface area contributed by atoms with E-state index in [0.29, 0.717) is 29.0 Å². The van der Waals surface area contributed by atoms with E-state index < -0.39 is 23.1 Å². The summed E-state index contributed by atoms with van der Waals surface area (Å²) in [6.07, 6.45) is -0.960. The maximum absolute atomic E-state index is 13.5. The van der Waals surface area contributed by atoms with Gasteiger partial charge in [0.2, 0.25) is 5.78 Å². The zero-order valence-electron chi connectivity index (χ0n) is 19.6. The number of rotatable bonds is 8. The number of nitrogens with one attached hydrogen (secondary N) is 1. The number of amides is 1. The summed E-state index contributed by atoms with van der Waals surface area (Å²) in [6, 6.07) is 11.5. The third-order valence-corrected chi connectivity index (χ3v) is 6.42. The first-order valence-corrected chi connectivity index (χ1v) is 12.3. The molecule has 0 atom stereocenters. The summed E-state index contributed by atoms with van der Waals surface area (Å²) in [5.74, 6) is -0.233. The molecule has 1 N–H and O–H groups in total. The van der Waals surface area contributed by atoms with Crippen molar-refractivity contribution in [2.75, 3.05) is 5.75 Å². The van der Waals surface area contributed by atoms with E-state index in [1.54, 1.807) is 41.5 Å². The van der Waals surface area contributed by atoms with Gasteiger partial charge in [-0.1, -0.05) is 32.0 Å². The topological polar surface area (TPSA) is 76.4 Å². The molecular formula is C26H23F3N4O2S. The highest BCUT2D eigenvalue weighted by atomic mass is 32.2. The monoisotopic (exact) mass is 512 g/mol. The van der Waals surface area contributed by atoms with E-state index in [1.807, 2.05) is 12.1 Å². The number of carbonyl (C=O) groups is 2. The zero-order chi connectivity index (χ0) is 25.9. The van der Waals surface area contributed by atoms with Crippen molar-refractivity contribution in [1.82, 2.24) is 19.7 Å². The van der Waals surface area contributed by atoms with Crippen LogP contribution < -0.4 is 5.32 Å². The fraction of sp³-hybridized carbons (Fsp3) is 0.231. The second-order valence-corrected chi connectivity index (χ2v) is 9.22. The van der Waals surface area contributed by atoms with Crippen molar-refractivity contribution in [2.45, 2.75) is 37.9 Å². The smallest absolute Gasteiger partial charge is 0.346 e. The number of halogens is 3. The first kappa shape index (κ1) is 25.4. The van der Waals surface area contributed by atoms with Crippen LogP contribution in [0.1, 0.15) is 57.2 Å². The Morgan fingerprint density at radius 1 is 1.08 bits per heavy atom. The summed E-state index contributed by atoms with van der Waals surface area (Å²) >= 11 is 1.67. The molecule has 0 aliphatic heterocycles. The number of aryl methyl sites for hydroxylation is 1. The summed E-state index contributed by atoms with van der Waals surface area (Å²) < 4.78 is 42.0. The van der Waals surface area contributed by atoms with Gasteiger partial charge < -0.3 is 9.72 Å². The molecule has 10 heteroatoms. The van der Waals surface area contributed by atoms with Crippen molar-refractivity contribution >= 4 is 29.1 Å². The van der Waals surface area contributed by atoms with Crippen molar-refractivity contribution in [3.8, 4) is 0 Å². The number of fused-ring (bicyclic) bond motifs is 1. The number of hydrogen-bond acceptors (Lipinski definition) is 5. The highest BCUT2D eigenvalue weighted by molar-refractivity contribution is 7.99. The number of pyridine rings is 2. The number of carbonyl (C=O) groups excluding carboxylic acids is 2. The molecule has 0 aliphatic rings. The molecule has 186 valence electrons. The van der Waals surface area contributed by atoms with Crippen molar-refractivity contribution in [3.05, 3.63) is 94.7 Å². The van der Waals surface area contributed by atoms with Gasteiger partial charge in [-0.3, -0.25) is 14.6 Å². The lowest BCUT2D eigenvalue weighted by Crippen LogP contribution is -2.23. The molecule has 3 aromatic heterocycles. The van der Waals surface area contributed by atoms with Crippen LogP contribution in [0.2, 0.25) is 0 Å². The molecule has 0 spiro atoms. The molecule has 0 radical (unpaired) electrons. The third kappa shape index (κ3) is 5.28. The summed E-state index contributed by atoms with van der Waals surface area (Å²) in [5, 5.41) is 2.80. The van der Waals surface area contributed by atoms with Gasteiger partial charge in [0.25, 0.3) is 5.91 Å². The number of nitrogens with zero attached hydrogens (tertiary/aromatic N) is 3. The van der Waals surface area contributed by atoms with Crippen molar-refractivity contribution < 1.29 is 22.8 Å². The minimum absolute atomic E-state index is 0.0685. The normalized spacial score (nSPS) is 11.6. The van der Waals surface area contributed by atoms with E-state index in [-0.39, 0.29) is 18.1 Å². The van der Waals surface area contributed by atoms with Gasteiger partial charge in [0, 0.05) is 28.4 Å². The predicted molar refractivity (Wildman–Crippen MR) is 131 cm³/mol. The van der Waals surface area contributed by atoms with Crippen LogP contribution in [0, 0.1) is 0 Å². The van der Waals surface area contributed by atoms with Gasteiger partial charge in [0.05, 0.1) is 23.5 Å². The lowest BCUT2D eigenvalue weighted by Gasteiger charge is -2.11. The van der Waals surface area contributed by atoms with Gasteiger partial charge >= 0.3 is 6.18 Å². The van der Waals surface area contributed by atoms with Gasteiger partial charge in [0.1, 0.15) is 11.3 Å². The van der Waals surface area contributed by atoms with Crippen molar-refractivity contribution in [3.63, 3.8) is 0 Å². The molecule has 0 saturated carbocycles.